The molecule has 2 unspecified atom stereocenters. The van der Waals surface area contributed by atoms with Crippen molar-refractivity contribution in [2.45, 2.75) is 45.3 Å². The van der Waals surface area contributed by atoms with Gasteiger partial charge in [-0.3, -0.25) is 4.79 Å². The van der Waals surface area contributed by atoms with Crippen LogP contribution < -0.4 is 11.1 Å². The summed E-state index contributed by atoms with van der Waals surface area (Å²) in [5.41, 5.74) is 5.61. The van der Waals surface area contributed by atoms with Crippen LogP contribution in [0.3, 0.4) is 0 Å². The van der Waals surface area contributed by atoms with E-state index in [0.717, 1.165) is 6.42 Å². The Bertz CT molecular complexity index is 224. The van der Waals surface area contributed by atoms with Gasteiger partial charge in [0, 0.05) is 13.0 Å². The van der Waals surface area contributed by atoms with E-state index in [0.29, 0.717) is 0 Å². The summed E-state index contributed by atoms with van der Waals surface area (Å²) in [5.74, 6) is -0.348. The van der Waals surface area contributed by atoms with Gasteiger partial charge in [-0.25, -0.2) is 0 Å². The van der Waals surface area contributed by atoms with E-state index in [9.17, 15) is 18.0 Å². The van der Waals surface area contributed by atoms with Crippen molar-refractivity contribution >= 4 is 18.3 Å². The van der Waals surface area contributed by atoms with Crippen molar-refractivity contribution in [2.75, 3.05) is 6.54 Å². The molecule has 0 rings (SSSR count). The highest BCUT2D eigenvalue weighted by Crippen LogP contribution is 2.20. The standard InChI is InChI=1S/C10H19F3N2O.ClH/c1-3-7(2)8(14)9(16)15-6-4-5-10(11,12)13;/h7-8H,3-6,14H2,1-2H3,(H,15,16);1H. The highest BCUT2D eigenvalue weighted by Gasteiger charge is 2.26. The molecule has 0 aromatic rings. The van der Waals surface area contributed by atoms with Gasteiger partial charge in [0.05, 0.1) is 6.04 Å². The minimum absolute atomic E-state index is 0. The van der Waals surface area contributed by atoms with Crippen LogP contribution in [0, 0.1) is 5.92 Å². The smallest absolute Gasteiger partial charge is 0.355 e. The normalized spacial score (nSPS) is 14.7. The number of hydrogen-bond donors (Lipinski definition) is 2. The molecule has 7 heteroatoms. The maximum Gasteiger partial charge on any atom is 0.389 e. The number of hydrogen-bond acceptors (Lipinski definition) is 2. The SMILES string of the molecule is CCC(C)C(N)C(=O)NCCCC(F)(F)F.Cl. The Labute approximate surface area is 106 Å². The fourth-order valence-corrected chi connectivity index (χ4v) is 1.13. The minimum Gasteiger partial charge on any atom is -0.355 e. The number of nitrogens with one attached hydrogen (secondary N) is 1. The van der Waals surface area contributed by atoms with Crippen molar-refractivity contribution < 1.29 is 18.0 Å². The third-order valence-corrected chi connectivity index (χ3v) is 2.50. The predicted molar refractivity (Wildman–Crippen MR) is 63.0 cm³/mol. The van der Waals surface area contributed by atoms with Crippen molar-refractivity contribution in [3.63, 3.8) is 0 Å². The first-order valence-electron chi connectivity index (χ1n) is 5.38. The summed E-state index contributed by atoms with van der Waals surface area (Å²) in [4.78, 5) is 11.4. The topological polar surface area (TPSA) is 55.1 Å². The molecule has 0 heterocycles. The molecule has 0 aromatic carbocycles. The molecule has 0 bridgehead atoms. The fourth-order valence-electron chi connectivity index (χ4n) is 1.13. The van der Waals surface area contributed by atoms with Gasteiger partial charge in [0.25, 0.3) is 0 Å². The largest absolute Gasteiger partial charge is 0.389 e. The van der Waals surface area contributed by atoms with Crippen molar-refractivity contribution in [3.8, 4) is 0 Å². The third-order valence-electron chi connectivity index (χ3n) is 2.50. The van der Waals surface area contributed by atoms with Gasteiger partial charge < -0.3 is 11.1 Å². The molecule has 2 atom stereocenters. The quantitative estimate of drug-likeness (QED) is 0.731. The zero-order chi connectivity index (χ0) is 12.8. The van der Waals surface area contributed by atoms with Crippen molar-refractivity contribution in [1.82, 2.24) is 5.32 Å². The Hall–Kier alpha value is -0.490. The fraction of sp³-hybridized carbons (Fsp3) is 0.900. The lowest BCUT2D eigenvalue weighted by Gasteiger charge is -2.17. The number of alkyl halides is 3. The Morgan fingerprint density at radius 2 is 1.94 bits per heavy atom. The van der Waals surface area contributed by atoms with Gasteiger partial charge in [0.15, 0.2) is 0 Å². The van der Waals surface area contributed by atoms with Crippen LogP contribution >= 0.6 is 12.4 Å². The van der Waals surface area contributed by atoms with Crippen LogP contribution in [0.5, 0.6) is 0 Å². The molecular formula is C10H20ClF3N2O. The molecule has 0 aromatic heterocycles. The van der Waals surface area contributed by atoms with Crippen LogP contribution in [0.4, 0.5) is 13.2 Å². The average molecular weight is 277 g/mol. The van der Waals surface area contributed by atoms with Crippen LogP contribution in [0.15, 0.2) is 0 Å². The Kier molecular flexibility index (Phi) is 9.52. The number of nitrogens with two attached hydrogens (primary N) is 1. The molecule has 0 saturated heterocycles. The molecule has 0 radical (unpaired) electrons. The van der Waals surface area contributed by atoms with Crippen LogP contribution in [0.2, 0.25) is 0 Å². The van der Waals surface area contributed by atoms with E-state index in [1.165, 1.54) is 0 Å². The minimum atomic E-state index is -4.16. The van der Waals surface area contributed by atoms with Gasteiger partial charge in [0.1, 0.15) is 0 Å². The Morgan fingerprint density at radius 1 is 1.41 bits per heavy atom. The van der Waals surface area contributed by atoms with Gasteiger partial charge in [-0.1, -0.05) is 20.3 Å². The summed E-state index contributed by atoms with van der Waals surface area (Å²) in [6.07, 6.45) is -4.39. The summed E-state index contributed by atoms with van der Waals surface area (Å²) < 4.78 is 35.4. The van der Waals surface area contributed by atoms with E-state index >= 15 is 0 Å². The molecule has 3 N–H and O–H groups in total. The zero-order valence-electron chi connectivity index (χ0n) is 10.0. The summed E-state index contributed by atoms with van der Waals surface area (Å²) >= 11 is 0. The van der Waals surface area contributed by atoms with Crippen LogP contribution in [-0.2, 0) is 4.79 Å². The average Bonchev–Trinajstić information content (AvgIpc) is 2.20. The molecule has 3 nitrogen and oxygen atoms in total. The summed E-state index contributed by atoms with van der Waals surface area (Å²) in [6, 6.07) is -0.643. The molecule has 0 aliphatic rings. The van der Waals surface area contributed by atoms with Gasteiger partial charge in [-0.05, 0) is 12.3 Å². The number of amides is 1. The van der Waals surface area contributed by atoms with Gasteiger partial charge in [-0.2, -0.15) is 13.2 Å². The van der Waals surface area contributed by atoms with Gasteiger partial charge in [0.2, 0.25) is 5.91 Å². The van der Waals surface area contributed by atoms with Crippen molar-refractivity contribution in [1.29, 1.82) is 0 Å². The number of rotatable bonds is 6. The molecule has 0 spiro atoms. The molecular weight excluding hydrogens is 257 g/mol. The van der Waals surface area contributed by atoms with Crippen LogP contribution in [0.1, 0.15) is 33.1 Å². The maximum absolute atomic E-state index is 11.8. The summed E-state index contributed by atoms with van der Waals surface area (Å²) in [6.45, 7) is 3.75. The van der Waals surface area contributed by atoms with Crippen LogP contribution in [-0.4, -0.2) is 24.7 Å². The van der Waals surface area contributed by atoms with Crippen molar-refractivity contribution in [3.05, 3.63) is 0 Å². The van der Waals surface area contributed by atoms with E-state index < -0.39 is 18.6 Å². The summed E-state index contributed by atoms with van der Waals surface area (Å²) in [7, 11) is 0. The lowest BCUT2D eigenvalue weighted by atomic mass is 9.99. The van der Waals surface area contributed by atoms with Gasteiger partial charge >= 0.3 is 6.18 Å². The monoisotopic (exact) mass is 276 g/mol. The second-order valence-electron chi connectivity index (χ2n) is 3.92. The molecule has 0 fully saturated rings. The lowest BCUT2D eigenvalue weighted by Crippen LogP contribution is -2.44. The molecule has 17 heavy (non-hydrogen) atoms. The predicted octanol–water partition coefficient (Wildman–Crippen LogP) is 2.24. The number of carbonyl (C=O) groups is 1. The third kappa shape index (κ3) is 9.23. The van der Waals surface area contributed by atoms with Gasteiger partial charge in [-0.15, -0.1) is 12.4 Å². The Balaban J connectivity index is 0. The zero-order valence-corrected chi connectivity index (χ0v) is 10.8. The van der Waals surface area contributed by atoms with E-state index in [1.807, 2.05) is 13.8 Å². The molecule has 1 amide bonds. The van der Waals surface area contributed by atoms with E-state index in [-0.39, 0.29) is 37.2 Å². The number of carbonyl (C=O) groups excluding carboxylic acids is 1. The van der Waals surface area contributed by atoms with Crippen molar-refractivity contribution in [2.24, 2.45) is 11.7 Å². The van der Waals surface area contributed by atoms with E-state index in [4.69, 9.17) is 5.73 Å². The first kappa shape index (κ1) is 18.9. The lowest BCUT2D eigenvalue weighted by molar-refractivity contribution is -0.136. The van der Waals surface area contributed by atoms with E-state index in [2.05, 4.69) is 5.32 Å². The van der Waals surface area contributed by atoms with Crippen LogP contribution in [0.25, 0.3) is 0 Å². The molecule has 104 valence electrons. The number of halogens is 4. The first-order valence-corrected chi connectivity index (χ1v) is 5.38. The first-order chi connectivity index (χ1) is 7.28. The molecule has 0 saturated carbocycles. The summed E-state index contributed by atoms with van der Waals surface area (Å²) in [5, 5.41) is 2.41. The maximum atomic E-state index is 11.8. The van der Waals surface area contributed by atoms with E-state index in [1.54, 1.807) is 0 Å². The molecule has 0 aliphatic heterocycles. The second-order valence-corrected chi connectivity index (χ2v) is 3.92. The molecule has 0 aliphatic carbocycles. The highest BCUT2D eigenvalue weighted by atomic mass is 35.5. The Morgan fingerprint density at radius 3 is 2.35 bits per heavy atom. The second kappa shape index (κ2) is 8.58. The highest BCUT2D eigenvalue weighted by molar-refractivity contribution is 5.85.